The van der Waals surface area contributed by atoms with Crippen molar-refractivity contribution in [3.05, 3.63) is 100 Å². The van der Waals surface area contributed by atoms with Crippen LogP contribution in [-0.2, 0) is 19.1 Å². The zero-order chi connectivity index (χ0) is 29.7. The average Bonchev–Trinajstić information content (AvgIpc) is 3.16. The summed E-state index contributed by atoms with van der Waals surface area (Å²) in [5.41, 5.74) is 1.36. The van der Waals surface area contributed by atoms with Gasteiger partial charge in [0.2, 0.25) is 0 Å². The van der Waals surface area contributed by atoms with Crippen LogP contribution in [0, 0.1) is 0 Å². The van der Waals surface area contributed by atoms with Crippen LogP contribution in [0.1, 0.15) is 51.8 Å². The van der Waals surface area contributed by atoms with E-state index in [4.69, 9.17) is 21.1 Å². The van der Waals surface area contributed by atoms with Crippen LogP contribution in [-0.4, -0.2) is 42.4 Å². The van der Waals surface area contributed by atoms with Gasteiger partial charge in [-0.3, -0.25) is 14.4 Å². The minimum absolute atomic E-state index is 0.145. The maximum atomic E-state index is 13.3. The molecule has 3 aromatic carbocycles. The summed E-state index contributed by atoms with van der Waals surface area (Å²) in [5.74, 6) is -3.09. The Balaban J connectivity index is 1.50. The normalized spacial score (nSPS) is 13.0. The average molecular weight is 576 g/mol. The van der Waals surface area contributed by atoms with Gasteiger partial charge in [-0.1, -0.05) is 29.8 Å². The molecule has 10 nitrogen and oxygen atoms in total. The van der Waals surface area contributed by atoms with Gasteiger partial charge in [0.15, 0.2) is 0 Å². The Bertz CT molecular complexity index is 1580. The van der Waals surface area contributed by atoms with E-state index < -0.39 is 29.7 Å². The monoisotopic (exact) mass is 575 g/mol. The van der Waals surface area contributed by atoms with Crippen LogP contribution in [0.5, 0.6) is 0 Å². The number of nitrogens with one attached hydrogen (secondary N) is 2. The maximum Gasteiger partial charge on any atom is 0.338 e. The molecule has 0 saturated carbocycles. The molecule has 0 aromatic heterocycles. The van der Waals surface area contributed by atoms with E-state index in [2.05, 4.69) is 10.6 Å². The van der Waals surface area contributed by atoms with Crippen molar-refractivity contribution >= 4 is 58.3 Å². The zero-order valence-electron chi connectivity index (χ0n) is 22.4. The highest BCUT2D eigenvalue weighted by atomic mass is 35.5. The van der Waals surface area contributed by atoms with E-state index in [0.29, 0.717) is 11.4 Å². The topological polar surface area (TPSA) is 131 Å². The first kappa shape index (κ1) is 29.0. The molecule has 1 aliphatic heterocycles. The number of halogens is 1. The predicted molar refractivity (Wildman–Crippen MR) is 153 cm³/mol. The van der Waals surface area contributed by atoms with Crippen molar-refractivity contribution in [2.24, 2.45) is 0 Å². The predicted octanol–water partition coefficient (Wildman–Crippen LogP) is 5.12. The van der Waals surface area contributed by atoms with Gasteiger partial charge in [-0.05, 0) is 75.4 Å². The molecule has 3 amide bonds. The van der Waals surface area contributed by atoms with Crippen molar-refractivity contribution in [3.8, 4) is 0 Å². The molecule has 3 aromatic rings. The van der Waals surface area contributed by atoms with Gasteiger partial charge in [-0.15, -0.1) is 0 Å². The lowest BCUT2D eigenvalue weighted by Crippen LogP contribution is -2.32. The second kappa shape index (κ2) is 12.5. The Kier molecular flexibility index (Phi) is 8.84. The number of benzene rings is 3. The molecule has 0 bridgehead atoms. The maximum absolute atomic E-state index is 13.3. The number of carbonyl (C=O) groups excluding carboxylic acids is 5. The largest absolute Gasteiger partial charge is 0.462 e. The number of rotatable bonds is 9. The highest BCUT2D eigenvalue weighted by Gasteiger charge is 2.39. The van der Waals surface area contributed by atoms with Gasteiger partial charge in [0, 0.05) is 16.9 Å². The Labute approximate surface area is 240 Å². The molecule has 210 valence electrons. The fourth-order valence-electron chi connectivity index (χ4n) is 3.92. The number of imide groups is 1. The second-order valence-corrected chi connectivity index (χ2v) is 9.48. The third kappa shape index (κ3) is 6.62. The minimum Gasteiger partial charge on any atom is -0.462 e. The fourth-order valence-corrected chi connectivity index (χ4v) is 4.14. The molecule has 41 heavy (non-hydrogen) atoms. The first-order chi connectivity index (χ1) is 19.6. The van der Waals surface area contributed by atoms with Gasteiger partial charge >= 0.3 is 11.9 Å². The Morgan fingerprint density at radius 1 is 0.829 bits per heavy atom. The highest BCUT2D eigenvalue weighted by molar-refractivity contribution is 6.53. The van der Waals surface area contributed by atoms with Crippen LogP contribution in [0.4, 0.5) is 17.1 Å². The van der Waals surface area contributed by atoms with Crippen LogP contribution >= 0.6 is 11.6 Å². The standard InChI is InChI=1S/C30H26ClN3O7/c1-4-40-29(38)19-9-6-12-22(15-19)33-26(35)18-8-5-11-21(14-18)32-25-24(31)27(36)34(28(25)37)23-13-7-10-20(16-23)30(39)41-17(2)3/h5-17,32H,4H2,1-3H3,(H,33,35). The van der Waals surface area contributed by atoms with Crippen LogP contribution in [0.3, 0.4) is 0 Å². The van der Waals surface area contributed by atoms with E-state index in [1.165, 1.54) is 36.4 Å². The van der Waals surface area contributed by atoms with Gasteiger partial charge in [-0.25, -0.2) is 14.5 Å². The van der Waals surface area contributed by atoms with Crippen molar-refractivity contribution in [3.63, 3.8) is 0 Å². The van der Waals surface area contributed by atoms with Gasteiger partial charge in [-0.2, -0.15) is 0 Å². The highest BCUT2D eigenvalue weighted by Crippen LogP contribution is 2.31. The number of esters is 2. The molecule has 0 atom stereocenters. The molecule has 0 unspecified atom stereocenters. The van der Waals surface area contributed by atoms with E-state index in [1.54, 1.807) is 57.2 Å². The number of carbonyl (C=O) groups is 5. The molecule has 0 fully saturated rings. The SMILES string of the molecule is CCOC(=O)c1cccc(NC(=O)c2cccc(NC3=C(Cl)C(=O)N(c4cccc(C(=O)OC(C)C)c4)C3=O)c2)c1. The summed E-state index contributed by atoms with van der Waals surface area (Å²) in [6, 6.07) is 18.4. The number of anilines is 3. The number of hydrogen-bond donors (Lipinski definition) is 2. The number of amides is 3. The van der Waals surface area contributed by atoms with Crippen molar-refractivity contribution in [2.75, 3.05) is 22.1 Å². The summed E-state index contributed by atoms with van der Waals surface area (Å²) in [5, 5.41) is 5.20. The van der Waals surface area contributed by atoms with Gasteiger partial charge in [0.25, 0.3) is 17.7 Å². The molecular weight excluding hydrogens is 550 g/mol. The summed E-state index contributed by atoms with van der Waals surface area (Å²) in [6.07, 6.45) is -0.347. The van der Waals surface area contributed by atoms with Crippen molar-refractivity contribution in [1.29, 1.82) is 0 Å². The molecule has 0 aliphatic carbocycles. The van der Waals surface area contributed by atoms with Crippen molar-refractivity contribution in [2.45, 2.75) is 26.9 Å². The van der Waals surface area contributed by atoms with Crippen LogP contribution in [0.25, 0.3) is 0 Å². The zero-order valence-corrected chi connectivity index (χ0v) is 23.2. The van der Waals surface area contributed by atoms with Crippen LogP contribution in [0.2, 0.25) is 0 Å². The lowest BCUT2D eigenvalue weighted by molar-refractivity contribution is -0.120. The Morgan fingerprint density at radius 3 is 2.12 bits per heavy atom. The van der Waals surface area contributed by atoms with Crippen molar-refractivity contribution in [1.82, 2.24) is 0 Å². The number of nitrogens with zero attached hydrogens (tertiary/aromatic N) is 1. The third-order valence-corrected chi connectivity index (χ3v) is 6.09. The Morgan fingerprint density at radius 2 is 1.44 bits per heavy atom. The molecule has 2 N–H and O–H groups in total. The molecule has 0 saturated heterocycles. The third-order valence-electron chi connectivity index (χ3n) is 5.74. The number of hydrogen-bond acceptors (Lipinski definition) is 8. The first-order valence-corrected chi connectivity index (χ1v) is 13.0. The van der Waals surface area contributed by atoms with E-state index in [9.17, 15) is 24.0 Å². The molecule has 11 heteroatoms. The first-order valence-electron chi connectivity index (χ1n) is 12.6. The van der Waals surface area contributed by atoms with E-state index in [0.717, 1.165) is 4.90 Å². The van der Waals surface area contributed by atoms with Gasteiger partial charge < -0.3 is 20.1 Å². The van der Waals surface area contributed by atoms with E-state index in [-0.39, 0.29) is 45.8 Å². The van der Waals surface area contributed by atoms with E-state index >= 15 is 0 Å². The molecular formula is C30H26ClN3O7. The van der Waals surface area contributed by atoms with Crippen LogP contribution < -0.4 is 15.5 Å². The smallest absolute Gasteiger partial charge is 0.338 e. The summed E-state index contributed by atoms with van der Waals surface area (Å²) >= 11 is 6.26. The summed E-state index contributed by atoms with van der Waals surface area (Å²) < 4.78 is 10.2. The molecule has 0 spiro atoms. The molecule has 1 heterocycles. The summed E-state index contributed by atoms with van der Waals surface area (Å²) in [7, 11) is 0. The summed E-state index contributed by atoms with van der Waals surface area (Å²) in [4.78, 5) is 64.3. The number of ether oxygens (including phenoxy) is 2. The molecule has 1 aliphatic rings. The van der Waals surface area contributed by atoms with Gasteiger partial charge in [0.1, 0.15) is 10.7 Å². The Hall–Kier alpha value is -4.96. The fraction of sp³-hybridized carbons (Fsp3) is 0.167. The summed E-state index contributed by atoms with van der Waals surface area (Å²) in [6.45, 7) is 5.34. The lowest BCUT2D eigenvalue weighted by atomic mass is 10.1. The second-order valence-electron chi connectivity index (χ2n) is 9.10. The quantitative estimate of drug-likeness (QED) is 0.266. The van der Waals surface area contributed by atoms with Crippen LogP contribution in [0.15, 0.2) is 83.5 Å². The lowest BCUT2D eigenvalue weighted by Gasteiger charge is -2.16. The van der Waals surface area contributed by atoms with Gasteiger partial charge in [0.05, 0.1) is 29.5 Å². The van der Waals surface area contributed by atoms with E-state index in [1.807, 2.05) is 0 Å². The molecule has 4 rings (SSSR count). The molecule has 0 radical (unpaired) electrons. The van der Waals surface area contributed by atoms with Crippen molar-refractivity contribution < 1.29 is 33.4 Å². The minimum atomic E-state index is -0.774.